The number of aromatic nitrogens is 1. The maximum Gasteiger partial charge on any atom is 0.514 e. The largest absolute Gasteiger partial charge is 0.514 e. The molecule has 1 fully saturated rings. The number of benzene rings is 1. The normalized spacial score (nSPS) is 19.4. The van der Waals surface area contributed by atoms with Gasteiger partial charge in [-0.15, -0.1) is 0 Å². The molecule has 2 heterocycles. The summed E-state index contributed by atoms with van der Waals surface area (Å²) in [6.07, 6.45) is 0. The van der Waals surface area contributed by atoms with Crippen LogP contribution in [-0.4, -0.2) is 23.3 Å². The summed E-state index contributed by atoms with van der Waals surface area (Å²) in [5, 5.41) is 0. The van der Waals surface area contributed by atoms with Gasteiger partial charge in [-0.3, -0.25) is 4.98 Å². The van der Waals surface area contributed by atoms with Crippen LogP contribution in [0.5, 0.6) is 0 Å². The van der Waals surface area contributed by atoms with E-state index in [1.807, 2.05) is 30.3 Å². The van der Waals surface area contributed by atoms with Gasteiger partial charge in [0.15, 0.2) is 0 Å². The monoisotopic (exact) mass is 295 g/mol. The van der Waals surface area contributed by atoms with Crippen LogP contribution in [0.4, 0.5) is 0 Å². The summed E-state index contributed by atoms with van der Waals surface area (Å²) in [7, 11) is -0.422. The molecule has 1 aromatic carbocycles. The summed E-state index contributed by atoms with van der Waals surface area (Å²) < 4.78 is 12.2. The van der Waals surface area contributed by atoms with Crippen molar-refractivity contribution in [3.63, 3.8) is 0 Å². The van der Waals surface area contributed by atoms with Gasteiger partial charge in [-0.2, -0.15) is 0 Å². The highest BCUT2D eigenvalue weighted by molar-refractivity contribution is 6.61. The Kier molecular flexibility index (Phi) is 3.62. The van der Waals surface area contributed by atoms with E-state index in [0.717, 1.165) is 16.9 Å². The standard InChI is InChI=1S/C18H22BNO2/c1-13-9-6-7-10-14(13)15-11-8-12-16(20-15)19-21-17(2,3)18(4,5)22-19/h6-12H,1-5H3. The molecule has 3 nitrogen and oxygen atoms in total. The van der Waals surface area contributed by atoms with E-state index in [4.69, 9.17) is 14.3 Å². The minimum absolute atomic E-state index is 0.349. The van der Waals surface area contributed by atoms with Crippen LogP contribution in [-0.2, 0) is 9.31 Å². The Morgan fingerprint density at radius 2 is 1.50 bits per heavy atom. The highest BCUT2D eigenvalue weighted by atomic mass is 16.7. The van der Waals surface area contributed by atoms with Gasteiger partial charge in [0.05, 0.1) is 22.5 Å². The quantitative estimate of drug-likeness (QED) is 0.796. The lowest BCUT2D eigenvalue weighted by Gasteiger charge is -2.32. The number of hydrogen-bond acceptors (Lipinski definition) is 3. The zero-order valence-electron chi connectivity index (χ0n) is 13.9. The third-order valence-electron chi connectivity index (χ3n) is 4.69. The average Bonchev–Trinajstić information content (AvgIpc) is 2.68. The third kappa shape index (κ3) is 2.57. The minimum Gasteiger partial charge on any atom is -0.398 e. The van der Waals surface area contributed by atoms with Crippen LogP contribution in [0.25, 0.3) is 11.3 Å². The predicted octanol–water partition coefficient (Wildman–Crippen LogP) is 3.36. The fraction of sp³-hybridized carbons (Fsp3) is 0.389. The first-order chi connectivity index (χ1) is 10.3. The van der Waals surface area contributed by atoms with Crippen LogP contribution < -0.4 is 5.59 Å². The maximum atomic E-state index is 6.09. The Bertz CT molecular complexity index is 681. The zero-order chi connectivity index (χ0) is 16.0. The van der Waals surface area contributed by atoms with E-state index in [2.05, 4.69) is 46.8 Å². The molecule has 22 heavy (non-hydrogen) atoms. The number of nitrogens with zero attached hydrogens (tertiary/aromatic N) is 1. The van der Waals surface area contributed by atoms with Crippen molar-refractivity contribution < 1.29 is 9.31 Å². The van der Waals surface area contributed by atoms with Gasteiger partial charge in [-0.25, -0.2) is 0 Å². The Balaban J connectivity index is 1.95. The zero-order valence-corrected chi connectivity index (χ0v) is 13.9. The van der Waals surface area contributed by atoms with E-state index in [0.29, 0.717) is 0 Å². The van der Waals surface area contributed by atoms with Crippen molar-refractivity contribution in [2.45, 2.75) is 45.8 Å². The highest BCUT2D eigenvalue weighted by Crippen LogP contribution is 2.36. The van der Waals surface area contributed by atoms with Gasteiger partial charge in [0.1, 0.15) is 0 Å². The summed E-state index contributed by atoms with van der Waals surface area (Å²) >= 11 is 0. The molecular weight excluding hydrogens is 273 g/mol. The van der Waals surface area contributed by atoms with E-state index in [1.165, 1.54) is 5.56 Å². The van der Waals surface area contributed by atoms with Gasteiger partial charge >= 0.3 is 7.12 Å². The summed E-state index contributed by atoms with van der Waals surface area (Å²) in [4.78, 5) is 4.77. The van der Waals surface area contributed by atoms with Crippen LogP contribution in [0.1, 0.15) is 33.3 Å². The number of rotatable bonds is 2. The average molecular weight is 295 g/mol. The molecular formula is C18H22BNO2. The van der Waals surface area contributed by atoms with Crippen LogP contribution in [0.2, 0.25) is 0 Å². The first kappa shape index (κ1) is 15.3. The molecule has 1 saturated heterocycles. The molecule has 114 valence electrons. The topological polar surface area (TPSA) is 31.4 Å². The van der Waals surface area contributed by atoms with Crippen LogP contribution in [0.15, 0.2) is 42.5 Å². The first-order valence-corrected chi connectivity index (χ1v) is 7.69. The van der Waals surface area contributed by atoms with Crippen LogP contribution in [0, 0.1) is 6.92 Å². The maximum absolute atomic E-state index is 6.09. The molecule has 0 aliphatic carbocycles. The molecule has 1 aliphatic heterocycles. The van der Waals surface area contributed by atoms with Crippen molar-refractivity contribution in [1.29, 1.82) is 0 Å². The summed E-state index contributed by atoms with van der Waals surface area (Å²) in [5.74, 6) is 0. The van der Waals surface area contributed by atoms with Crippen molar-refractivity contribution in [3.05, 3.63) is 48.0 Å². The molecule has 4 heteroatoms. The third-order valence-corrected chi connectivity index (χ3v) is 4.69. The molecule has 0 N–H and O–H groups in total. The molecule has 2 aromatic rings. The molecule has 0 atom stereocenters. The number of aryl methyl sites for hydroxylation is 1. The molecule has 0 saturated carbocycles. The SMILES string of the molecule is Cc1ccccc1-c1cccc(B2OC(C)(C)C(C)(C)O2)n1. The Morgan fingerprint density at radius 3 is 2.14 bits per heavy atom. The molecule has 0 spiro atoms. The van der Waals surface area contributed by atoms with Gasteiger partial charge in [-0.05, 0) is 52.3 Å². The molecule has 0 bridgehead atoms. The minimum atomic E-state index is -0.422. The first-order valence-electron chi connectivity index (χ1n) is 7.69. The lowest BCUT2D eigenvalue weighted by Crippen LogP contribution is -2.41. The van der Waals surface area contributed by atoms with Crippen molar-refractivity contribution in [1.82, 2.24) is 4.98 Å². The second-order valence-corrected chi connectivity index (χ2v) is 6.85. The Hall–Kier alpha value is -1.65. The summed E-state index contributed by atoms with van der Waals surface area (Å²) in [5.41, 5.74) is 3.42. The van der Waals surface area contributed by atoms with Crippen LogP contribution >= 0.6 is 0 Å². The molecule has 1 aromatic heterocycles. The second-order valence-electron chi connectivity index (χ2n) is 6.85. The molecule has 1 aliphatic rings. The van der Waals surface area contributed by atoms with E-state index in [-0.39, 0.29) is 11.2 Å². The Labute approximate surface area is 132 Å². The number of pyridine rings is 1. The summed E-state index contributed by atoms with van der Waals surface area (Å²) in [6.45, 7) is 10.3. The van der Waals surface area contributed by atoms with Gasteiger partial charge < -0.3 is 9.31 Å². The molecule has 0 unspecified atom stereocenters. The molecule has 0 amide bonds. The fourth-order valence-electron chi connectivity index (χ4n) is 2.56. The van der Waals surface area contributed by atoms with Crippen molar-refractivity contribution in [2.75, 3.05) is 0 Å². The lowest BCUT2D eigenvalue weighted by atomic mass is 9.84. The van der Waals surface area contributed by atoms with Gasteiger partial charge in [0.25, 0.3) is 0 Å². The smallest absolute Gasteiger partial charge is 0.398 e. The molecule has 3 rings (SSSR count). The van der Waals surface area contributed by atoms with Crippen molar-refractivity contribution in [2.24, 2.45) is 0 Å². The van der Waals surface area contributed by atoms with Gasteiger partial charge in [0.2, 0.25) is 0 Å². The van der Waals surface area contributed by atoms with E-state index >= 15 is 0 Å². The van der Waals surface area contributed by atoms with Crippen molar-refractivity contribution in [3.8, 4) is 11.3 Å². The van der Waals surface area contributed by atoms with Gasteiger partial charge in [0, 0.05) is 5.56 Å². The fourth-order valence-corrected chi connectivity index (χ4v) is 2.56. The van der Waals surface area contributed by atoms with Crippen molar-refractivity contribution >= 4 is 12.7 Å². The van der Waals surface area contributed by atoms with E-state index < -0.39 is 7.12 Å². The van der Waals surface area contributed by atoms with E-state index in [9.17, 15) is 0 Å². The highest BCUT2D eigenvalue weighted by Gasteiger charge is 2.52. The Morgan fingerprint density at radius 1 is 0.864 bits per heavy atom. The second kappa shape index (κ2) is 5.22. The molecule has 0 radical (unpaired) electrons. The lowest BCUT2D eigenvalue weighted by molar-refractivity contribution is 0.00578. The summed E-state index contributed by atoms with van der Waals surface area (Å²) in [6, 6.07) is 14.3. The predicted molar refractivity (Wildman–Crippen MR) is 90.1 cm³/mol. The van der Waals surface area contributed by atoms with Crippen LogP contribution in [0.3, 0.4) is 0 Å². The van der Waals surface area contributed by atoms with Gasteiger partial charge in [-0.1, -0.05) is 30.3 Å². The van der Waals surface area contributed by atoms with E-state index in [1.54, 1.807) is 0 Å². The number of hydrogen-bond donors (Lipinski definition) is 0.